The molecule has 0 saturated heterocycles. The summed E-state index contributed by atoms with van der Waals surface area (Å²) in [5.41, 5.74) is 5.02. The quantitative estimate of drug-likeness (QED) is 0.230. The van der Waals surface area contributed by atoms with Crippen LogP contribution in [0.15, 0.2) is 128 Å². The first-order valence-corrected chi connectivity index (χ1v) is 12.8. The van der Waals surface area contributed by atoms with E-state index in [-0.39, 0.29) is 0 Å². The van der Waals surface area contributed by atoms with Crippen LogP contribution in [0, 0.1) is 0 Å². The molecule has 0 aromatic heterocycles. The molecule has 0 spiro atoms. The third kappa shape index (κ3) is 3.26. The van der Waals surface area contributed by atoms with Crippen LogP contribution in [0.4, 0.5) is 0 Å². The number of aromatic nitrogens is 3. The van der Waals surface area contributed by atoms with Crippen molar-refractivity contribution in [3.63, 3.8) is 0 Å². The molecule has 0 atom stereocenters. The molecule has 6 aromatic rings. The van der Waals surface area contributed by atoms with Gasteiger partial charge < -0.3 is 0 Å². The Morgan fingerprint density at radius 1 is 0.368 bits per heavy atom. The summed E-state index contributed by atoms with van der Waals surface area (Å²) in [6.45, 7) is 0. The topological polar surface area (TPSA) is 38.7 Å². The molecule has 6 aromatic carbocycles. The van der Waals surface area contributed by atoms with Gasteiger partial charge in [-0.1, -0.05) is 97.1 Å². The maximum absolute atomic E-state index is 4.82. The van der Waals surface area contributed by atoms with Crippen molar-refractivity contribution in [2.75, 3.05) is 0 Å². The number of hydrogen-bond acceptors (Lipinski definition) is 3. The summed E-state index contributed by atoms with van der Waals surface area (Å²) < 4.78 is 0. The molecule has 2 aliphatic heterocycles. The SMILES string of the molecule is c1ccc2c(c1)ccc1cc(-c3ncc4ncc(-c5ccc6c(ccc7ccccc76)c5)c-4cn3)ccc12. The number of fused-ring (bicyclic) bond motifs is 7. The van der Waals surface area contributed by atoms with E-state index in [0.717, 1.165) is 27.9 Å². The van der Waals surface area contributed by atoms with Gasteiger partial charge in [0.05, 0.1) is 11.9 Å². The van der Waals surface area contributed by atoms with Gasteiger partial charge in [-0.3, -0.25) is 4.98 Å². The van der Waals surface area contributed by atoms with Gasteiger partial charge in [-0.25, -0.2) is 9.97 Å². The second kappa shape index (κ2) is 8.19. The van der Waals surface area contributed by atoms with Gasteiger partial charge >= 0.3 is 0 Å². The van der Waals surface area contributed by atoms with Crippen LogP contribution in [0.2, 0.25) is 0 Å². The van der Waals surface area contributed by atoms with Gasteiger partial charge in [0.2, 0.25) is 0 Å². The molecule has 0 saturated carbocycles. The summed E-state index contributed by atoms with van der Waals surface area (Å²) in [5.74, 6) is 0.689. The van der Waals surface area contributed by atoms with Crippen LogP contribution in [0.1, 0.15) is 0 Å². The molecule has 0 fully saturated rings. The van der Waals surface area contributed by atoms with Crippen LogP contribution in [0.25, 0.3) is 76.9 Å². The van der Waals surface area contributed by atoms with Gasteiger partial charge in [-0.15, -0.1) is 0 Å². The molecule has 0 aliphatic carbocycles. The molecule has 2 aliphatic rings. The lowest BCUT2D eigenvalue weighted by atomic mass is 9.97. The van der Waals surface area contributed by atoms with E-state index >= 15 is 0 Å². The Bertz CT molecular complexity index is 2140. The van der Waals surface area contributed by atoms with Gasteiger partial charge in [0.15, 0.2) is 5.82 Å². The average molecular weight is 484 g/mol. The summed E-state index contributed by atoms with van der Waals surface area (Å²) in [4.78, 5) is 14.2. The summed E-state index contributed by atoms with van der Waals surface area (Å²) in [6, 6.07) is 38.8. The van der Waals surface area contributed by atoms with Gasteiger partial charge in [0.1, 0.15) is 0 Å². The van der Waals surface area contributed by atoms with E-state index in [4.69, 9.17) is 9.97 Å². The van der Waals surface area contributed by atoms with Crippen LogP contribution < -0.4 is 0 Å². The minimum atomic E-state index is 0.689. The Labute approximate surface area is 219 Å². The number of rotatable bonds is 2. The lowest BCUT2D eigenvalue weighted by Crippen LogP contribution is -1.85. The molecule has 2 heterocycles. The largest absolute Gasteiger partial charge is 0.254 e. The molecule has 0 bridgehead atoms. The van der Waals surface area contributed by atoms with Crippen LogP contribution in [-0.4, -0.2) is 15.0 Å². The Morgan fingerprint density at radius 2 is 0.895 bits per heavy atom. The zero-order valence-corrected chi connectivity index (χ0v) is 20.5. The lowest BCUT2D eigenvalue weighted by molar-refractivity contribution is 1.23. The molecule has 0 amide bonds. The van der Waals surface area contributed by atoms with Gasteiger partial charge in [0.25, 0.3) is 0 Å². The molecule has 8 rings (SSSR count). The average Bonchev–Trinajstić information content (AvgIpc) is 3.27. The van der Waals surface area contributed by atoms with Crippen molar-refractivity contribution < 1.29 is 0 Å². The fraction of sp³-hybridized carbons (Fsp3) is 0. The van der Waals surface area contributed by atoms with Crippen molar-refractivity contribution in [3.05, 3.63) is 128 Å². The van der Waals surface area contributed by atoms with Crippen molar-refractivity contribution in [1.82, 2.24) is 15.0 Å². The highest BCUT2D eigenvalue weighted by Crippen LogP contribution is 2.36. The maximum atomic E-state index is 4.82. The second-order valence-electron chi connectivity index (χ2n) is 9.76. The molecule has 3 nitrogen and oxygen atoms in total. The number of nitrogens with zero attached hydrogens (tertiary/aromatic N) is 3. The van der Waals surface area contributed by atoms with Crippen molar-refractivity contribution in [1.29, 1.82) is 0 Å². The summed E-state index contributed by atoms with van der Waals surface area (Å²) in [6.07, 6.45) is 5.67. The Morgan fingerprint density at radius 3 is 1.61 bits per heavy atom. The minimum Gasteiger partial charge on any atom is -0.254 e. The van der Waals surface area contributed by atoms with Gasteiger partial charge in [-0.05, 0) is 60.8 Å². The van der Waals surface area contributed by atoms with E-state index in [0.29, 0.717) is 5.82 Å². The zero-order valence-electron chi connectivity index (χ0n) is 20.5. The highest BCUT2D eigenvalue weighted by atomic mass is 14.9. The van der Waals surface area contributed by atoms with Crippen LogP contribution in [0.5, 0.6) is 0 Å². The predicted octanol–water partition coefficient (Wildman–Crippen LogP) is 8.92. The fourth-order valence-electron chi connectivity index (χ4n) is 5.64. The molecule has 0 radical (unpaired) electrons. The summed E-state index contributed by atoms with van der Waals surface area (Å²) >= 11 is 0. The highest BCUT2D eigenvalue weighted by molar-refractivity contribution is 6.09. The zero-order chi connectivity index (χ0) is 25.1. The molecule has 0 unspecified atom stereocenters. The second-order valence-corrected chi connectivity index (χ2v) is 9.76. The first kappa shape index (κ1) is 21.0. The molecular weight excluding hydrogens is 462 g/mol. The van der Waals surface area contributed by atoms with E-state index in [2.05, 4.69) is 114 Å². The molecule has 3 heteroatoms. The molecular formula is C35H21N3. The third-order valence-corrected chi connectivity index (χ3v) is 7.58. The van der Waals surface area contributed by atoms with E-state index < -0.39 is 0 Å². The molecule has 38 heavy (non-hydrogen) atoms. The van der Waals surface area contributed by atoms with Gasteiger partial charge in [0, 0.05) is 29.1 Å². The lowest BCUT2D eigenvalue weighted by Gasteiger charge is -2.07. The minimum absolute atomic E-state index is 0.689. The summed E-state index contributed by atoms with van der Waals surface area (Å²) in [7, 11) is 0. The first-order valence-electron chi connectivity index (χ1n) is 12.8. The van der Waals surface area contributed by atoms with E-state index in [9.17, 15) is 0 Å². The molecule has 0 N–H and O–H groups in total. The summed E-state index contributed by atoms with van der Waals surface area (Å²) in [5, 5.41) is 9.91. The number of benzene rings is 6. The predicted molar refractivity (Wildman–Crippen MR) is 157 cm³/mol. The monoisotopic (exact) mass is 483 g/mol. The normalized spacial score (nSPS) is 11.7. The Kier molecular flexibility index (Phi) is 4.52. The van der Waals surface area contributed by atoms with Crippen molar-refractivity contribution in [2.24, 2.45) is 0 Å². The van der Waals surface area contributed by atoms with Gasteiger partial charge in [-0.2, -0.15) is 0 Å². The molecule has 176 valence electrons. The maximum Gasteiger partial charge on any atom is 0.159 e. The van der Waals surface area contributed by atoms with Crippen LogP contribution >= 0.6 is 0 Å². The standard InChI is InChI=1S/C35H21N3/c1-3-7-28-22(5-1)9-11-24-17-26(13-15-30(24)28)32-19-36-34-21-38-35(37-20-33(32)34)27-14-16-31-25(18-27)12-10-23-6-2-4-8-29(23)31/h1-21H. The third-order valence-electron chi connectivity index (χ3n) is 7.58. The Hall–Kier alpha value is -5.15. The number of hydrogen-bond donors (Lipinski definition) is 0. The highest BCUT2D eigenvalue weighted by Gasteiger charge is 2.15. The first-order chi connectivity index (χ1) is 18.8. The smallest absolute Gasteiger partial charge is 0.159 e. The van der Waals surface area contributed by atoms with Crippen molar-refractivity contribution in [3.8, 4) is 33.8 Å². The van der Waals surface area contributed by atoms with E-state index in [1.165, 1.54) is 43.1 Å². The fourth-order valence-corrected chi connectivity index (χ4v) is 5.64. The van der Waals surface area contributed by atoms with Crippen molar-refractivity contribution >= 4 is 43.1 Å². The van der Waals surface area contributed by atoms with Crippen molar-refractivity contribution in [2.45, 2.75) is 0 Å². The Balaban J connectivity index is 1.22. The van der Waals surface area contributed by atoms with Crippen LogP contribution in [0.3, 0.4) is 0 Å². The van der Waals surface area contributed by atoms with E-state index in [1.54, 1.807) is 0 Å². The van der Waals surface area contributed by atoms with Crippen LogP contribution in [-0.2, 0) is 0 Å². The van der Waals surface area contributed by atoms with E-state index in [1.807, 2.05) is 18.6 Å².